The van der Waals surface area contributed by atoms with E-state index in [9.17, 15) is 0 Å². The van der Waals surface area contributed by atoms with Crippen molar-refractivity contribution in [3.05, 3.63) is 48.0 Å². The maximum atomic E-state index is 5.57. The Labute approximate surface area is 117 Å². The van der Waals surface area contributed by atoms with Crippen LogP contribution in [0.3, 0.4) is 0 Å². The molecule has 2 aromatic rings. The molecule has 19 heavy (non-hydrogen) atoms. The highest BCUT2D eigenvalue weighted by Gasteiger charge is 1.99. The van der Waals surface area contributed by atoms with Crippen LogP contribution in [0.2, 0.25) is 0 Å². The van der Waals surface area contributed by atoms with Gasteiger partial charge in [0, 0.05) is 0 Å². The van der Waals surface area contributed by atoms with Gasteiger partial charge in [-0.2, -0.15) is 4.99 Å². The third-order valence-electron chi connectivity index (χ3n) is 2.53. The molecule has 0 aliphatic heterocycles. The number of aliphatic imine (C=N–C) groups is 2. The lowest BCUT2D eigenvalue weighted by molar-refractivity contribution is 1.07. The number of hydrogen-bond donors (Lipinski definition) is 3. The number of benzene rings is 2. The molecule has 0 spiro atoms. The summed E-state index contributed by atoms with van der Waals surface area (Å²) >= 11 is 0. The molecule has 0 atom stereocenters. The molecule has 0 bridgehead atoms. The molecule has 0 aliphatic carbocycles. The van der Waals surface area contributed by atoms with Crippen molar-refractivity contribution in [3.63, 3.8) is 0 Å². The third kappa shape index (κ3) is 3.86. The van der Waals surface area contributed by atoms with Crippen LogP contribution in [0.15, 0.2) is 52.4 Å². The first kappa shape index (κ1) is 14.8. The zero-order valence-corrected chi connectivity index (χ0v) is 11.1. The van der Waals surface area contributed by atoms with Crippen LogP contribution in [0.4, 0.5) is 0 Å². The smallest absolute Gasteiger partial charge is 0.218 e. The van der Waals surface area contributed by atoms with E-state index in [1.165, 1.54) is 5.39 Å². The Bertz CT molecular complexity index is 612. The fourth-order valence-corrected chi connectivity index (χ4v) is 1.76. The number of guanidine groups is 2. The van der Waals surface area contributed by atoms with E-state index < -0.39 is 0 Å². The number of nitrogens with two attached hydrogens (primary N) is 3. The number of hydrogen-bond acceptors (Lipinski definition) is 1. The van der Waals surface area contributed by atoms with Crippen LogP contribution in [0, 0.1) is 0 Å². The second-order valence-electron chi connectivity index (χ2n) is 3.85. The number of rotatable bonds is 2. The van der Waals surface area contributed by atoms with Gasteiger partial charge >= 0.3 is 0 Å². The molecule has 6 N–H and O–H groups in total. The molecule has 0 unspecified atom stereocenters. The van der Waals surface area contributed by atoms with E-state index in [1.54, 1.807) is 0 Å². The van der Waals surface area contributed by atoms with Crippen LogP contribution in [0.1, 0.15) is 5.56 Å². The van der Waals surface area contributed by atoms with E-state index in [2.05, 4.69) is 28.2 Å². The highest BCUT2D eigenvalue weighted by atomic mass is 35.5. The summed E-state index contributed by atoms with van der Waals surface area (Å²) in [6.45, 7) is 0.448. The molecule has 0 saturated carbocycles. The zero-order chi connectivity index (χ0) is 13.0. The Hall–Kier alpha value is -2.27. The van der Waals surface area contributed by atoms with Crippen molar-refractivity contribution >= 4 is 35.1 Å². The quantitative estimate of drug-likeness (QED) is 0.570. The minimum absolute atomic E-state index is 0. The maximum absolute atomic E-state index is 5.57. The molecule has 100 valence electrons. The molecule has 0 heterocycles. The Morgan fingerprint density at radius 1 is 0.947 bits per heavy atom. The Kier molecular flexibility index (Phi) is 5.14. The van der Waals surface area contributed by atoms with E-state index >= 15 is 0 Å². The molecule has 2 aromatic carbocycles. The zero-order valence-electron chi connectivity index (χ0n) is 10.3. The van der Waals surface area contributed by atoms with Gasteiger partial charge in [-0.15, -0.1) is 12.4 Å². The van der Waals surface area contributed by atoms with Crippen LogP contribution in [-0.2, 0) is 6.54 Å². The largest absolute Gasteiger partial charge is 0.370 e. The van der Waals surface area contributed by atoms with E-state index in [-0.39, 0.29) is 24.3 Å². The van der Waals surface area contributed by atoms with Crippen molar-refractivity contribution in [2.45, 2.75) is 6.54 Å². The lowest BCUT2D eigenvalue weighted by Crippen LogP contribution is -2.26. The average molecular weight is 278 g/mol. The minimum atomic E-state index is -0.0887. The van der Waals surface area contributed by atoms with E-state index in [0.717, 1.165) is 10.9 Å². The summed E-state index contributed by atoms with van der Waals surface area (Å²) in [4.78, 5) is 7.80. The van der Waals surface area contributed by atoms with Crippen LogP contribution >= 0.6 is 12.4 Å². The van der Waals surface area contributed by atoms with Crippen molar-refractivity contribution in [2.75, 3.05) is 0 Å². The molecular formula is C13H16ClN5. The normalized spacial score (nSPS) is 10.8. The topological polar surface area (TPSA) is 103 Å². The Morgan fingerprint density at radius 3 is 2.37 bits per heavy atom. The first-order valence-corrected chi connectivity index (χ1v) is 5.53. The molecule has 6 heteroatoms. The van der Waals surface area contributed by atoms with Gasteiger partial charge in [-0.3, -0.25) is 0 Å². The summed E-state index contributed by atoms with van der Waals surface area (Å²) in [5.74, 6) is -0.00268. The van der Waals surface area contributed by atoms with Crippen LogP contribution in [-0.4, -0.2) is 11.9 Å². The van der Waals surface area contributed by atoms with Gasteiger partial charge in [0.2, 0.25) is 5.96 Å². The fourth-order valence-electron chi connectivity index (χ4n) is 1.76. The van der Waals surface area contributed by atoms with E-state index in [4.69, 9.17) is 17.2 Å². The molecule has 0 aliphatic rings. The number of nitrogens with zero attached hydrogens (tertiary/aromatic N) is 2. The molecular weight excluding hydrogens is 262 g/mol. The Balaban J connectivity index is 0.00000180. The number of fused-ring (bicyclic) bond motifs is 1. The summed E-state index contributed by atoms with van der Waals surface area (Å²) in [7, 11) is 0. The lowest BCUT2D eigenvalue weighted by Gasteiger charge is -2.03. The van der Waals surface area contributed by atoms with Crippen molar-refractivity contribution < 1.29 is 0 Å². The number of halogens is 1. The van der Waals surface area contributed by atoms with E-state index in [1.807, 2.05) is 24.3 Å². The Morgan fingerprint density at radius 2 is 1.63 bits per heavy atom. The van der Waals surface area contributed by atoms with Gasteiger partial charge in [0.05, 0.1) is 6.54 Å². The summed E-state index contributed by atoms with van der Waals surface area (Å²) < 4.78 is 0. The molecule has 0 saturated heterocycles. The molecule has 0 radical (unpaired) electrons. The standard InChI is InChI=1S/C13H15N5.ClH/c14-12(15)18-13(16)17-8-10-6-3-5-9-4-1-2-7-11(9)10;/h1-7H,8H2,(H6,14,15,16,17,18);1H. The molecule has 0 amide bonds. The van der Waals surface area contributed by atoms with Crippen molar-refractivity contribution in [3.8, 4) is 0 Å². The van der Waals surface area contributed by atoms with Gasteiger partial charge in [0.25, 0.3) is 0 Å². The van der Waals surface area contributed by atoms with Crippen molar-refractivity contribution in [1.82, 2.24) is 0 Å². The summed E-state index contributed by atoms with van der Waals surface area (Å²) in [6, 6.07) is 14.2. The van der Waals surface area contributed by atoms with Gasteiger partial charge in [0.1, 0.15) is 0 Å². The van der Waals surface area contributed by atoms with Crippen molar-refractivity contribution in [1.29, 1.82) is 0 Å². The molecule has 0 aromatic heterocycles. The summed E-state index contributed by atoms with van der Waals surface area (Å²) in [5.41, 5.74) is 17.1. The van der Waals surface area contributed by atoms with Gasteiger partial charge in [0.15, 0.2) is 5.96 Å². The van der Waals surface area contributed by atoms with Crippen LogP contribution < -0.4 is 17.2 Å². The predicted octanol–water partition coefficient (Wildman–Crippen LogP) is 1.35. The minimum Gasteiger partial charge on any atom is -0.370 e. The lowest BCUT2D eigenvalue weighted by atomic mass is 10.1. The van der Waals surface area contributed by atoms with Crippen molar-refractivity contribution in [2.24, 2.45) is 27.2 Å². The summed E-state index contributed by atoms with van der Waals surface area (Å²) in [5, 5.41) is 2.33. The predicted molar refractivity (Wildman–Crippen MR) is 82.3 cm³/mol. The van der Waals surface area contributed by atoms with Gasteiger partial charge < -0.3 is 17.2 Å². The fraction of sp³-hybridized carbons (Fsp3) is 0.0769. The summed E-state index contributed by atoms with van der Waals surface area (Å²) in [6.07, 6.45) is 0. The average Bonchev–Trinajstić information content (AvgIpc) is 2.35. The highest BCUT2D eigenvalue weighted by molar-refractivity contribution is 5.92. The molecule has 5 nitrogen and oxygen atoms in total. The van der Waals surface area contributed by atoms with Crippen LogP contribution in [0.25, 0.3) is 10.8 Å². The van der Waals surface area contributed by atoms with Gasteiger partial charge in [-0.25, -0.2) is 4.99 Å². The molecule has 2 rings (SSSR count). The maximum Gasteiger partial charge on any atom is 0.218 e. The molecule has 0 fully saturated rings. The third-order valence-corrected chi connectivity index (χ3v) is 2.53. The van der Waals surface area contributed by atoms with Crippen LogP contribution in [0.5, 0.6) is 0 Å². The second kappa shape index (κ2) is 6.61. The highest BCUT2D eigenvalue weighted by Crippen LogP contribution is 2.18. The SMILES string of the molecule is Cl.NC(N)=NC(N)=NCc1cccc2ccccc12. The van der Waals surface area contributed by atoms with E-state index in [0.29, 0.717) is 6.54 Å². The monoisotopic (exact) mass is 277 g/mol. The first-order valence-electron chi connectivity index (χ1n) is 5.53. The second-order valence-corrected chi connectivity index (χ2v) is 3.85. The first-order chi connectivity index (χ1) is 8.66. The van der Waals surface area contributed by atoms with Gasteiger partial charge in [-0.05, 0) is 16.3 Å². The van der Waals surface area contributed by atoms with Gasteiger partial charge in [-0.1, -0.05) is 42.5 Å².